The largest absolute Gasteiger partial charge is 0.289 e. The second-order valence-corrected chi connectivity index (χ2v) is 5.15. The molecule has 0 unspecified atom stereocenters. The summed E-state index contributed by atoms with van der Waals surface area (Å²) in [6, 6.07) is 13.4. The van der Waals surface area contributed by atoms with Gasteiger partial charge in [0.2, 0.25) is 0 Å². The van der Waals surface area contributed by atoms with Crippen molar-refractivity contribution in [2.24, 2.45) is 0 Å². The van der Waals surface area contributed by atoms with Crippen LogP contribution in [0.1, 0.15) is 15.9 Å². The molecule has 0 atom stereocenters. The van der Waals surface area contributed by atoms with Gasteiger partial charge in [-0.25, -0.2) is 0 Å². The highest BCUT2D eigenvalue weighted by Gasteiger charge is 2.04. The van der Waals surface area contributed by atoms with E-state index in [0.29, 0.717) is 5.56 Å². The monoisotopic (exact) mass is 299 g/mol. The van der Waals surface area contributed by atoms with Gasteiger partial charge in [0.25, 0.3) is 5.69 Å². The number of allylic oxidation sites excluding steroid dienone is 1. The summed E-state index contributed by atoms with van der Waals surface area (Å²) < 4.78 is 0. The van der Waals surface area contributed by atoms with Crippen LogP contribution in [0.2, 0.25) is 0 Å². The average molecular weight is 299 g/mol. The molecule has 0 bridgehead atoms. The van der Waals surface area contributed by atoms with Crippen LogP contribution in [0.5, 0.6) is 0 Å². The first-order valence-corrected chi connectivity index (χ1v) is 7.43. The Hall–Kier alpha value is -2.40. The van der Waals surface area contributed by atoms with Gasteiger partial charge in [0, 0.05) is 22.6 Å². The summed E-state index contributed by atoms with van der Waals surface area (Å²) in [5.74, 6) is -0.0963. The SMILES string of the molecule is CSc1ccc(C(=O)/C=C/c2ccc([N+](=O)[O-])cc2)cc1. The highest BCUT2D eigenvalue weighted by atomic mass is 32.2. The molecule has 4 nitrogen and oxygen atoms in total. The fourth-order valence-corrected chi connectivity index (χ4v) is 2.14. The minimum atomic E-state index is -0.452. The van der Waals surface area contributed by atoms with Gasteiger partial charge in [-0.1, -0.05) is 6.08 Å². The molecular weight excluding hydrogens is 286 g/mol. The molecular formula is C16H13NO3S. The second kappa shape index (κ2) is 6.85. The third-order valence-electron chi connectivity index (χ3n) is 2.91. The smallest absolute Gasteiger partial charge is 0.269 e. The van der Waals surface area contributed by atoms with Gasteiger partial charge >= 0.3 is 0 Å². The van der Waals surface area contributed by atoms with Crippen LogP contribution >= 0.6 is 11.8 Å². The van der Waals surface area contributed by atoms with Gasteiger partial charge in [-0.3, -0.25) is 14.9 Å². The fourth-order valence-electron chi connectivity index (χ4n) is 1.73. The van der Waals surface area contributed by atoms with Gasteiger partial charge in [0.05, 0.1) is 4.92 Å². The van der Waals surface area contributed by atoms with Crippen molar-refractivity contribution in [3.63, 3.8) is 0 Å². The maximum Gasteiger partial charge on any atom is 0.269 e. The third-order valence-corrected chi connectivity index (χ3v) is 3.65. The summed E-state index contributed by atoms with van der Waals surface area (Å²) in [5.41, 5.74) is 1.40. The van der Waals surface area contributed by atoms with E-state index in [1.54, 1.807) is 42.1 Å². The number of carbonyl (C=O) groups is 1. The average Bonchev–Trinajstić information content (AvgIpc) is 2.53. The van der Waals surface area contributed by atoms with Crippen LogP contribution in [0, 0.1) is 10.1 Å². The molecule has 0 heterocycles. The van der Waals surface area contributed by atoms with E-state index >= 15 is 0 Å². The molecule has 0 aromatic heterocycles. The second-order valence-electron chi connectivity index (χ2n) is 4.27. The Morgan fingerprint density at radius 3 is 2.24 bits per heavy atom. The Morgan fingerprint density at radius 1 is 1.10 bits per heavy atom. The number of thioether (sulfide) groups is 1. The van der Waals surface area contributed by atoms with Crippen LogP contribution in [-0.4, -0.2) is 17.0 Å². The summed E-state index contributed by atoms with van der Waals surface area (Å²) in [6.07, 6.45) is 5.09. The summed E-state index contributed by atoms with van der Waals surface area (Å²) in [5, 5.41) is 10.5. The number of rotatable bonds is 5. The predicted molar refractivity (Wildman–Crippen MR) is 84.7 cm³/mol. The predicted octanol–water partition coefficient (Wildman–Crippen LogP) is 4.21. The number of ketones is 1. The zero-order valence-electron chi connectivity index (χ0n) is 11.4. The molecule has 0 spiro atoms. The third kappa shape index (κ3) is 4.03. The van der Waals surface area contributed by atoms with E-state index in [0.717, 1.165) is 10.5 Å². The zero-order chi connectivity index (χ0) is 15.2. The Labute approximate surface area is 126 Å². The molecule has 0 aliphatic heterocycles. The van der Waals surface area contributed by atoms with E-state index in [-0.39, 0.29) is 11.5 Å². The quantitative estimate of drug-likeness (QED) is 0.273. The number of nitro groups is 1. The maximum absolute atomic E-state index is 12.0. The lowest BCUT2D eigenvalue weighted by Crippen LogP contribution is -1.93. The van der Waals surface area contributed by atoms with Gasteiger partial charge in [0.1, 0.15) is 0 Å². The van der Waals surface area contributed by atoms with E-state index in [4.69, 9.17) is 0 Å². The van der Waals surface area contributed by atoms with Crippen molar-refractivity contribution < 1.29 is 9.72 Å². The van der Waals surface area contributed by atoms with Crippen LogP contribution in [0.25, 0.3) is 6.08 Å². The number of hydrogen-bond acceptors (Lipinski definition) is 4. The van der Waals surface area contributed by atoms with E-state index in [1.807, 2.05) is 18.4 Å². The number of nitrogens with zero attached hydrogens (tertiary/aromatic N) is 1. The molecule has 0 saturated carbocycles. The summed E-state index contributed by atoms with van der Waals surface area (Å²) in [7, 11) is 0. The lowest BCUT2D eigenvalue weighted by atomic mass is 10.1. The molecule has 0 aliphatic rings. The lowest BCUT2D eigenvalue weighted by molar-refractivity contribution is -0.384. The van der Waals surface area contributed by atoms with Crippen molar-refractivity contribution in [2.75, 3.05) is 6.26 Å². The molecule has 0 saturated heterocycles. The van der Waals surface area contributed by atoms with Crippen molar-refractivity contribution in [3.8, 4) is 0 Å². The van der Waals surface area contributed by atoms with Crippen molar-refractivity contribution in [1.82, 2.24) is 0 Å². The normalized spacial score (nSPS) is 10.7. The Bertz CT molecular complexity index is 676. The van der Waals surface area contributed by atoms with Crippen LogP contribution < -0.4 is 0 Å². The van der Waals surface area contributed by atoms with Gasteiger partial charge in [-0.05, 0) is 54.3 Å². The van der Waals surface area contributed by atoms with Crippen molar-refractivity contribution in [1.29, 1.82) is 0 Å². The standard InChI is InChI=1S/C16H13NO3S/c1-21-15-9-5-13(6-10-15)16(18)11-4-12-2-7-14(8-3-12)17(19)20/h2-11H,1H3/b11-4+. The Balaban J connectivity index is 2.08. The molecule has 0 radical (unpaired) electrons. The van der Waals surface area contributed by atoms with Crippen LogP contribution in [0.15, 0.2) is 59.5 Å². The molecule has 0 aliphatic carbocycles. The van der Waals surface area contributed by atoms with Gasteiger partial charge in [-0.2, -0.15) is 0 Å². The molecule has 21 heavy (non-hydrogen) atoms. The first kappa shape index (κ1) is 15.0. The molecule has 0 amide bonds. The first-order chi connectivity index (χ1) is 10.1. The van der Waals surface area contributed by atoms with E-state index in [2.05, 4.69) is 0 Å². The molecule has 5 heteroatoms. The zero-order valence-corrected chi connectivity index (χ0v) is 12.2. The van der Waals surface area contributed by atoms with Crippen LogP contribution in [0.3, 0.4) is 0 Å². The summed E-state index contributed by atoms with van der Waals surface area (Å²) in [6.45, 7) is 0. The van der Waals surface area contributed by atoms with E-state index in [9.17, 15) is 14.9 Å². The van der Waals surface area contributed by atoms with Crippen molar-refractivity contribution in [3.05, 3.63) is 75.8 Å². The van der Waals surface area contributed by atoms with Crippen LogP contribution in [-0.2, 0) is 0 Å². The molecule has 106 valence electrons. The molecule has 0 N–H and O–H groups in total. The minimum Gasteiger partial charge on any atom is -0.289 e. The topological polar surface area (TPSA) is 60.2 Å². The Morgan fingerprint density at radius 2 is 1.71 bits per heavy atom. The number of nitro benzene ring substituents is 1. The highest BCUT2D eigenvalue weighted by Crippen LogP contribution is 2.16. The van der Waals surface area contributed by atoms with Crippen molar-refractivity contribution in [2.45, 2.75) is 4.90 Å². The number of carbonyl (C=O) groups excluding carboxylic acids is 1. The van der Waals surface area contributed by atoms with E-state index < -0.39 is 4.92 Å². The lowest BCUT2D eigenvalue weighted by Gasteiger charge is -1.98. The minimum absolute atomic E-state index is 0.0335. The van der Waals surface area contributed by atoms with Crippen molar-refractivity contribution >= 4 is 29.3 Å². The number of hydrogen-bond donors (Lipinski definition) is 0. The number of non-ortho nitro benzene ring substituents is 1. The molecule has 2 aromatic carbocycles. The fraction of sp³-hybridized carbons (Fsp3) is 0.0625. The van der Waals surface area contributed by atoms with E-state index in [1.165, 1.54) is 18.2 Å². The summed E-state index contributed by atoms with van der Waals surface area (Å²) >= 11 is 1.62. The van der Waals surface area contributed by atoms with Gasteiger partial charge < -0.3 is 0 Å². The maximum atomic E-state index is 12.0. The van der Waals surface area contributed by atoms with Gasteiger partial charge in [0.15, 0.2) is 5.78 Å². The molecule has 0 fully saturated rings. The molecule has 2 aromatic rings. The molecule has 2 rings (SSSR count). The number of benzene rings is 2. The highest BCUT2D eigenvalue weighted by molar-refractivity contribution is 7.98. The Kier molecular flexibility index (Phi) is 4.90. The van der Waals surface area contributed by atoms with Crippen LogP contribution in [0.4, 0.5) is 5.69 Å². The summed E-state index contributed by atoms with van der Waals surface area (Å²) in [4.78, 5) is 23.2. The van der Waals surface area contributed by atoms with Gasteiger partial charge in [-0.15, -0.1) is 11.8 Å². The first-order valence-electron chi connectivity index (χ1n) is 6.21.